The van der Waals surface area contributed by atoms with Gasteiger partial charge in [0.25, 0.3) is 10.0 Å². The van der Waals surface area contributed by atoms with Crippen LogP contribution in [0.4, 0.5) is 11.4 Å². The molecular weight excluding hydrogens is 454 g/mol. The highest BCUT2D eigenvalue weighted by Crippen LogP contribution is 2.29. The number of benzene rings is 2. The smallest absolute Gasteiger partial charge is 0.265 e. The van der Waals surface area contributed by atoms with Crippen molar-refractivity contribution in [2.45, 2.75) is 37.0 Å². The lowest BCUT2D eigenvalue weighted by Gasteiger charge is -2.20. The monoisotopic (exact) mass is 479 g/mol. The van der Waals surface area contributed by atoms with Crippen molar-refractivity contribution in [3.05, 3.63) is 47.5 Å². The molecule has 2 aromatic carbocycles. The third-order valence-electron chi connectivity index (χ3n) is 5.23. The Morgan fingerprint density at radius 3 is 2.34 bits per heavy atom. The van der Waals surface area contributed by atoms with Crippen molar-refractivity contribution in [1.82, 2.24) is 5.32 Å². The average molecular weight is 480 g/mol. The number of methoxy groups -OCH3 is 1. The third-order valence-corrected chi connectivity index (χ3v) is 6.89. The molecule has 3 rings (SSSR count). The zero-order chi connectivity index (χ0) is 23.1. The molecule has 0 saturated heterocycles. The number of hydrogen-bond acceptors (Lipinski definition) is 5. The Morgan fingerprint density at radius 1 is 1.03 bits per heavy atom. The molecular formula is C22H26ClN3O5S. The summed E-state index contributed by atoms with van der Waals surface area (Å²) in [6.07, 6.45) is 4.87. The number of rotatable bonds is 8. The highest BCUT2D eigenvalue weighted by atomic mass is 35.5. The molecule has 172 valence electrons. The molecule has 0 aliphatic heterocycles. The fourth-order valence-electron chi connectivity index (χ4n) is 3.57. The predicted molar refractivity (Wildman–Crippen MR) is 123 cm³/mol. The number of nitrogens with one attached hydrogen (secondary N) is 3. The molecule has 1 aliphatic rings. The molecule has 1 fully saturated rings. The van der Waals surface area contributed by atoms with Crippen molar-refractivity contribution >= 4 is 44.8 Å². The van der Waals surface area contributed by atoms with Gasteiger partial charge in [-0.2, -0.15) is 0 Å². The van der Waals surface area contributed by atoms with Crippen LogP contribution in [0.5, 0.6) is 5.75 Å². The Kier molecular flexibility index (Phi) is 7.98. The Bertz CT molecular complexity index is 1070. The molecule has 1 aliphatic carbocycles. The summed E-state index contributed by atoms with van der Waals surface area (Å²) in [6, 6.07) is 10.5. The minimum absolute atomic E-state index is 0.0479. The standard InChI is InChI=1S/C22H26ClN3O5S/c1-31-19-12-11-18(25-21(27)14-24-22(28)15-5-3-2-4-6-15)13-20(19)32(29,30)26-17-9-7-16(23)8-10-17/h7-13,15,26H,2-6,14H2,1H3,(H,24,28)(H,25,27). The lowest BCUT2D eigenvalue weighted by Crippen LogP contribution is -2.37. The number of halogens is 1. The van der Waals surface area contributed by atoms with E-state index in [9.17, 15) is 18.0 Å². The molecule has 32 heavy (non-hydrogen) atoms. The maximum atomic E-state index is 12.9. The number of sulfonamides is 1. The molecule has 1 saturated carbocycles. The average Bonchev–Trinajstić information content (AvgIpc) is 2.79. The maximum Gasteiger partial charge on any atom is 0.265 e. The zero-order valence-electron chi connectivity index (χ0n) is 17.7. The lowest BCUT2D eigenvalue weighted by molar-refractivity contribution is -0.128. The van der Waals surface area contributed by atoms with Crippen LogP contribution in [0.15, 0.2) is 47.4 Å². The van der Waals surface area contributed by atoms with E-state index in [0.29, 0.717) is 10.7 Å². The number of hydrogen-bond donors (Lipinski definition) is 3. The fourth-order valence-corrected chi connectivity index (χ4v) is 4.95. The van der Waals surface area contributed by atoms with Gasteiger partial charge in [-0.25, -0.2) is 8.42 Å². The van der Waals surface area contributed by atoms with Crippen LogP contribution in [0.2, 0.25) is 5.02 Å². The second-order valence-electron chi connectivity index (χ2n) is 7.58. The van der Waals surface area contributed by atoms with Crippen LogP contribution in [0.25, 0.3) is 0 Å². The van der Waals surface area contributed by atoms with E-state index in [1.54, 1.807) is 12.1 Å². The molecule has 0 heterocycles. The predicted octanol–water partition coefficient (Wildman–Crippen LogP) is 3.78. The van der Waals surface area contributed by atoms with E-state index in [2.05, 4.69) is 15.4 Å². The van der Waals surface area contributed by atoms with Crippen molar-refractivity contribution in [1.29, 1.82) is 0 Å². The second kappa shape index (κ2) is 10.7. The van der Waals surface area contributed by atoms with E-state index in [1.807, 2.05) is 0 Å². The largest absolute Gasteiger partial charge is 0.495 e. The minimum atomic E-state index is -4.01. The lowest BCUT2D eigenvalue weighted by atomic mass is 9.89. The van der Waals surface area contributed by atoms with Gasteiger partial charge < -0.3 is 15.4 Å². The fraction of sp³-hybridized carbons (Fsp3) is 0.364. The minimum Gasteiger partial charge on any atom is -0.495 e. The van der Waals surface area contributed by atoms with E-state index >= 15 is 0 Å². The first-order valence-corrected chi connectivity index (χ1v) is 12.2. The molecule has 2 amide bonds. The van der Waals surface area contributed by atoms with E-state index < -0.39 is 15.9 Å². The van der Waals surface area contributed by atoms with Crippen LogP contribution in [-0.4, -0.2) is 33.9 Å². The molecule has 0 bridgehead atoms. The number of amides is 2. The van der Waals surface area contributed by atoms with Crippen LogP contribution in [0, 0.1) is 5.92 Å². The Labute approximate surface area is 192 Å². The van der Waals surface area contributed by atoms with Gasteiger partial charge in [-0.1, -0.05) is 30.9 Å². The highest BCUT2D eigenvalue weighted by molar-refractivity contribution is 7.92. The van der Waals surface area contributed by atoms with Crippen molar-refractivity contribution in [3.8, 4) is 5.75 Å². The van der Waals surface area contributed by atoms with Crippen LogP contribution < -0.4 is 20.1 Å². The van der Waals surface area contributed by atoms with Gasteiger partial charge in [0.15, 0.2) is 0 Å². The molecule has 0 unspecified atom stereocenters. The van der Waals surface area contributed by atoms with Gasteiger partial charge >= 0.3 is 0 Å². The van der Waals surface area contributed by atoms with Gasteiger partial charge in [-0.05, 0) is 55.3 Å². The second-order valence-corrected chi connectivity index (χ2v) is 9.67. The zero-order valence-corrected chi connectivity index (χ0v) is 19.3. The number of anilines is 2. The molecule has 0 aromatic heterocycles. The quantitative estimate of drug-likeness (QED) is 0.533. The van der Waals surface area contributed by atoms with Crippen molar-refractivity contribution in [2.24, 2.45) is 5.92 Å². The maximum absolute atomic E-state index is 12.9. The number of carbonyl (C=O) groups is 2. The number of ether oxygens (including phenoxy) is 1. The van der Waals surface area contributed by atoms with Crippen LogP contribution >= 0.6 is 11.6 Å². The van der Waals surface area contributed by atoms with Crippen molar-refractivity contribution in [3.63, 3.8) is 0 Å². The Hall–Kier alpha value is -2.78. The van der Waals surface area contributed by atoms with Gasteiger partial charge in [0, 0.05) is 22.3 Å². The van der Waals surface area contributed by atoms with E-state index in [1.165, 1.54) is 37.4 Å². The summed E-state index contributed by atoms with van der Waals surface area (Å²) in [5.41, 5.74) is 0.593. The highest BCUT2D eigenvalue weighted by Gasteiger charge is 2.23. The van der Waals surface area contributed by atoms with Gasteiger partial charge in [0.1, 0.15) is 10.6 Å². The summed E-state index contributed by atoms with van der Waals surface area (Å²) in [7, 11) is -2.65. The molecule has 8 nitrogen and oxygen atoms in total. The van der Waals surface area contributed by atoms with Gasteiger partial charge in [0.2, 0.25) is 11.8 Å². The third kappa shape index (κ3) is 6.37. The van der Waals surface area contributed by atoms with E-state index in [4.69, 9.17) is 16.3 Å². The van der Waals surface area contributed by atoms with Gasteiger partial charge in [-0.15, -0.1) is 0 Å². The normalized spacial score (nSPS) is 14.4. The molecule has 0 spiro atoms. The summed E-state index contributed by atoms with van der Waals surface area (Å²) < 4.78 is 33.4. The summed E-state index contributed by atoms with van der Waals surface area (Å²) >= 11 is 5.84. The number of carbonyl (C=O) groups excluding carboxylic acids is 2. The van der Waals surface area contributed by atoms with Gasteiger partial charge in [-0.3, -0.25) is 14.3 Å². The Morgan fingerprint density at radius 2 is 1.69 bits per heavy atom. The SMILES string of the molecule is COc1ccc(NC(=O)CNC(=O)C2CCCCC2)cc1S(=O)(=O)Nc1ccc(Cl)cc1. The molecule has 10 heteroatoms. The molecule has 3 N–H and O–H groups in total. The van der Waals surface area contributed by atoms with E-state index in [-0.39, 0.29) is 34.7 Å². The first kappa shape index (κ1) is 23.9. The molecule has 0 radical (unpaired) electrons. The summed E-state index contributed by atoms with van der Waals surface area (Å²) in [5.74, 6) is -0.498. The van der Waals surface area contributed by atoms with Crippen LogP contribution in [-0.2, 0) is 19.6 Å². The molecule has 2 aromatic rings. The summed E-state index contributed by atoms with van der Waals surface area (Å²) in [6.45, 7) is -0.188. The topological polar surface area (TPSA) is 114 Å². The molecule has 0 atom stereocenters. The van der Waals surface area contributed by atoms with Crippen molar-refractivity contribution in [2.75, 3.05) is 23.7 Å². The van der Waals surface area contributed by atoms with E-state index in [0.717, 1.165) is 32.1 Å². The van der Waals surface area contributed by atoms with Crippen molar-refractivity contribution < 1.29 is 22.7 Å². The first-order valence-electron chi connectivity index (χ1n) is 10.3. The van der Waals surface area contributed by atoms with Gasteiger partial charge in [0.05, 0.1) is 13.7 Å². The first-order chi connectivity index (χ1) is 15.3. The Balaban J connectivity index is 1.67. The van der Waals surface area contributed by atoms with Crippen LogP contribution in [0.1, 0.15) is 32.1 Å². The van der Waals surface area contributed by atoms with Crippen LogP contribution in [0.3, 0.4) is 0 Å². The summed E-state index contributed by atoms with van der Waals surface area (Å²) in [5, 5.41) is 5.75. The summed E-state index contributed by atoms with van der Waals surface area (Å²) in [4.78, 5) is 24.4.